The summed E-state index contributed by atoms with van der Waals surface area (Å²) in [5.74, 6) is 2.03. The summed E-state index contributed by atoms with van der Waals surface area (Å²) in [7, 11) is 0. The number of rotatable bonds is 4. The van der Waals surface area contributed by atoms with Crippen molar-refractivity contribution in [3.8, 4) is 0 Å². The molecule has 0 saturated heterocycles. The second kappa shape index (κ2) is 5.43. The van der Waals surface area contributed by atoms with Gasteiger partial charge in [-0.25, -0.2) is 0 Å². The molecule has 0 saturated carbocycles. The molecule has 0 aliphatic rings. The summed E-state index contributed by atoms with van der Waals surface area (Å²) in [4.78, 5) is 12.4. The van der Waals surface area contributed by atoms with Gasteiger partial charge >= 0.3 is 0 Å². The average Bonchev–Trinajstić information content (AvgIpc) is 2.76. The first-order valence-corrected chi connectivity index (χ1v) is 6.74. The highest BCUT2D eigenvalue weighted by molar-refractivity contribution is 6.09. The molecular weight excluding hydrogens is 236 g/mol. The van der Waals surface area contributed by atoms with Crippen LogP contribution >= 0.6 is 0 Å². The lowest BCUT2D eigenvalue weighted by atomic mass is 9.95. The molecule has 2 heteroatoms. The van der Waals surface area contributed by atoms with Gasteiger partial charge in [0, 0.05) is 5.56 Å². The van der Waals surface area contributed by atoms with Crippen LogP contribution in [0.25, 0.3) is 0 Å². The number of hydrogen-bond acceptors (Lipinski definition) is 2. The summed E-state index contributed by atoms with van der Waals surface area (Å²) in [6.07, 6.45) is 1.10. The first-order valence-electron chi connectivity index (χ1n) is 6.74. The van der Waals surface area contributed by atoms with Gasteiger partial charge in [-0.15, -0.1) is 0 Å². The largest absolute Gasteiger partial charge is 0.466 e. The van der Waals surface area contributed by atoms with E-state index in [1.54, 1.807) is 6.07 Å². The summed E-state index contributed by atoms with van der Waals surface area (Å²) in [6, 6.07) is 9.71. The van der Waals surface area contributed by atoms with E-state index in [1.165, 1.54) is 5.56 Å². The van der Waals surface area contributed by atoms with Gasteiger partial charge in [0.25, 0.3) is 0 Å². The highest BCUT2D eigenvalue weighted by Gasteiger charge is 2.15. The van der Waals surface area contributed by atoms with E-state index in [0.717, 1.165) is 17.7 Å². The molecule has 2 rings (SSSR count). The molecule has 1 atom stereocenters. The molecule has 1 aromatic heterocycles. The van der Waals surface area contributed by atoms with Crippen LogP contribution in [0.15, 0.2) is 34.7 Å². The fourth-order valence-corrected chi connectivity index (χ4v) is 2.21. The van der Waals surface area contributed by atoms with Crippen molar-refractivity contribution in [1.29, 1.82) is 0 Å². The molecule has 0 spiro atoms. The Morgan fingerprint density at radius 2 is 1.84 bits per heavy atom. The zero-order valence-corrected chi connectivity index (χ0v) is 12.0. The molecule has 1 aromatic carbocycles. The van der Waals surface area contributed by atoms with Gasteiger partial charge in [0.2, 0.25) is 0 Å². The Bertz CT molecular complexity index is 576. The van der Waals surface area contributed by atoms with Crippen molar-refractivity contribution >= 4 is 5.78 Å². The number of hydrogen-bond donors (Lipinski definition) is 0. The van der Waals surface area contributed by atoms with Gasteiger partial charge in [-0.05, 0) is 37.8 Å². The maximum absolute atomic E-state index is 12.4. The van der Waals surface area contributed by atoms with Crippen LogP contribution in [0.2, 0.25) is 0 Å². The Balaban J connectivity index is 2.27. The van der Waals surface area contributed by atoms with Crippen LogP contribution in [0.3, 0.4) is 0 Å². The normalized spacial score (nSPS) is 12.4. The second-order valence-electron chi connectivity index (χ2n) is 5.09. The molecule has 0 radical (unpaired) electrons. The van der Waals surface area contributed by atoms with Crippen LogP contribution < -0.4 is 0 Å². The fourth-order valence-electron chi connectivity index (χ4n) is 2.21. The van der Waals surface area contributed by atoms with E-state index in [2.05, 4.69) is 13.8 Å². The number of aryl methyl sites for hydroxylation is 2. The smallest absolute Gasteiger partial charge is 0.196 e. The number of carbonyl (C=O) groups is 1. The van der Waals surface area contributed by atoms with Crippen molar-refractivity contribution in [2.24, 2.45) is 0 Å². The average molecular weight is 256 g/mol. The Kier molecular flexibility index (Phi) is 3.89. The number of furan rings is 1. The number of carbonyl (C=O) groups excluding carboxylic acids is 1. The van der Waals surface area contributed by atoms with Gasteiger partial charge in [-0.1, -0.05) is 38.1 Å². The van der Waals surface area contributed by atoms with E-state index in [1.807, 2.05) is 38.1 Å². The lowest BCUT2D eigenvalue weighted by Crippen LogP contribution is -2.02. The van der Waals surface area contributed by atoms with Crippen molar-refractivity contribution < 1.29 is 9.21 Å². The van der Waals surface area contributed by atoms with Crippen LogP contribution in [-0.2, 0) is 0 Å². The Labute approximate surface area is 114 Å². The zero-order valence-electron chi connectivity index (χ0n) is 12.0. The lowest BCUT2D eigenvalue weighted by molar-refractivity contribution is 0.103. The highest BCUT2D eigenvalue weighted by atomic mass is 16.3. The first-order chi connectivity index (χ1) is 9.02. The third kappa shape index (κ3) is 2.78. The Hall–Kier alpha value is -1.83. The SMILES string of the molecule is CCC(C)c1ccc(C(=O)c2cc(C)oc2C)cc1. The molecular formula is C17H20O2. The van der Waals surface area contributed by atoms with Crippen LogP contribution in [0.1, 0.15) is 59.2 Å². The topological polar surface area (TPSA) is 30.2 Å². The molecule has 0 amide bonds. The second-order valence-corrected chi connectivity index (χ2v) is 5.09. The summed E-state index contributed by atoms with van der Waals surface area (Å²) >= 11 is 0. The summed E-state index contributed by atoms with van der Waals surface area (Å²) in [6.45, 7) is 8.05. The molecule has 1 unspecified atom stereocenters. The number of ketones is 1. The Morgan fingerprint density at radius 3 is 2.32 bits per heavy atom. The van der Waals surface area contributed by atoms with Crippen molar-refractivity contribution in [2.45, 2.75) is 40.0 Å². The van der Waals surface area contributed by atoms with Gasteiger partial charge in [-0.3, -0.25) is 4.79 Å². The summed E-state index contributed by atoms with van der Waals surface area (Å²) in [5.41, 5.74) is 2.66. The van der Waals surface area contributed by atoms with Crippen LogP contribution in [0.4, 0.5) is 0 Å². The van der Waals surface area contributed by atoms with Gasteiger partial charge in [0.1, 0.15) is 11.5 Å². The Morgan fingerprint density at radius 1 is 1.21 bits per heavy atom. The van der Waals surface area contributed by atoms with Crippen LogP contribution in [-0.4, -0.2) is 5.78 Å². The van der Waals surface area contributed by atoms with E-state index < -0.39 is 0 Å². The monoisotopic (exact) mass is 256 g/mol. The van der Waals surface area contributed by atoms with Crippen LogP contribution in [0, 0.1) is 13.8 Å². The van der Waals surface area contributed by atoms with E-state index in [9.17, 15) is 4.79 Å². The molecule has 0 bridgehead atoms. The minimum absolute atomic E-state index is 0.0325. The summed E-state index contributed by atoms with van der Waals surface area (Å²) < 4.78 is 5.42. The minimum atomic E-state index is 0.0325. The third-order valence-corrected chi connectivity index (χ3v) is 3.64. The van der Waals surface area contributed by atoms with Gasteiger partial charge < -0.3 is 4.42 Å². The standard InChI is InChI=1S/C17H20O2/c1-5-11(2)14-6-8-15(9-7-14)17(18)16-10-12(3)19-13(16)4/h6-11H,5H2,1-4H3. The van der Waals surface area contributed by atoms with E-state index in [-0.39, 0.29) is 5.78 Å². The summed E-state index contributed by atoms with van der Waals surface area (Å²) in [5, 5.41) is 0. The molecule has 19 heavy (non-hydrogen) atoms. The van der Waals surface area contributed by atoms with Crippen molar-refractivity contribution in [3.63, 3.8) is 0 Å². The molecule has 0 N–H and O–H groups in total. The van der Waals surface area contributed by atoms with Crippen molar-refractivity contribution in [1.82, 2.24) is 0 Å². The molecule has 0 fully saturated rings. The first kappa shape index (κ1) is 13.6. The van der Waals surface area contributed by atoms with Gasteiger partial charge in [0.15, 0.2) is 5.78 Å². The molecule has 100 valence electrons. The quantitative estimate of drug-likeness (QED) is 0.746. The van der Waals surface area contributed by atoms with E-state index in [0.29, 0.717) is 17.2 Å². The predicted octanol–water partition coefficient (Wildman–Crippen LogP) is 4.64. The molecule has 0 aliphatic carbocycles. The van der Waals surface area contributed by atoms with E-state index >= 15 is 0 Å². The van der Waals surface area contributed by atoms with E-state index in [4.69, 9.17) is 4.42 Å². The molecule has 2 aromatic rings. The maximum atomic E-state index is 12.4. The number of benzene rings is 1. The van der Waals surface area contributed by atoms with Crippen molar-refractivity contribution in [3.05, 3.63) is 58.5 Å². The minimum Gasteiger partial charge on any atom is -0.466 e. The third-order valence-electron chi connectivity index (χ3n) is 3.64. The molecule has 1 heterocycles. The van der Waals surface area contributed by atoms with Crippen molar-refractivity contribution in [2.75, 3.05) is 0 Å². The zero-order chi connectivity index (χ0) is 14.0. The highest BCUT2D eigenvalue weighted by Crippen LogP contribution is 2.22. The molecule has 2 nitrogen and oxygen atoms in total. The molecule has 0 aliphatic heterocycles. The fraction of sp³-hybridized carbons (Fsp3) is 0.353. The maximum Gasteiger partial charge on any atom is 0.196 e. The lowest BCUT2D eigenvalue weighted by Gasteiger charge is -2.09. The van der Waals surface area contributed by atoms with Gasteiger partial charge in [0.05, 0.1) is 5.56 Å². The predicted molar refractivity (Wildman–Crippen MR) is 76.8 cm³/mol. The van der Waals surface area contributed by atoms with Crippen LogP contribution in [0.5, 0.6) is 0 Å². The van der Waals surface area contributed by atoms with Gasteiger partial charge in [-0.2, -0.15) is 0 Å².